The summed E-state index contributed by atoms with van der Waals surface area (Å²) in [5.41, 5.74) is 2.28. The average Bonchev–Trinajstić information content (AvgIpc) is 3.27. The van der Waals surface area contributed by atoms with Crippen LogP contribution in [0.3, 0.4) is 0 Å². The molecule has 0 N–H and O–H groups in total. The van der Waals surface area contributed by atoms with E-state index < -0.39 is 0 Å². The molecule has 3 aromatic rings. The second kappa shape index (κ2) is 7.79. The number of amides is 1. The van der Waals surface area contributed by atoms with E-state index in [1.807, 2.05) is 29.2 Å². The van der Waals surface area contributed by atoms with E-state index in [1.54, 1.807) is 18.3 Å². The summed E-state index contributed by atoms with van der Waals surface area (Å²) in [5.74, 6) is 2.06. The van der Waals surface area contributed by atoms with Crippen molar-refractivity contribution < 1.29 is 14.3 Å². The Kier molecular flexibility index (Phi) is 4.84. The Morgan fingerprint density at radius 1 is 0.967 bits per heavy atom. The fourth-order valence-electron chi connectivity index (χ4n) is 3.51. The summed E-state index contributed by atoms with van der Waals surface area (Å²) in [7, 11) is 0. The van der Waals surface area contributed by atoms with Crippen molar-refractivity contribution >= 4 is 23.5 Å². The first-order chi connectivity index (χ1) is 14.7. The van der Waals surface area contributed by atoms with Crippen LogP contribution in [0.1, 0.15) is 10.4 Å². The molecule has 30 heavy (non-hydrogen) atoms. The van der Waals surface area contributed by atoms with Gasteiger partial charge in [-0.1, -0.05) is 11.6 Å². The molecule has 0 spiro atoms. The van der Waals surface area contributed by atoms with Gasteiger partial charge in [-0.3, -0.25) is 4.79 Å². The van der Waals surface area contributed by atoms with Crippen molar-refractivity contribution in [3.8, 4) is 22.8 Å². The summed E-state index contributed by atoms with van der Waals surface area (Å²) >= 11 is 5.80. The number of rotatable bonds is 3. The summed E-state index contributed by atoms with van der Waals surface area (Å²) in [6.45, 7) is 2.70. The predicted molar refractivity (Wildman–Crippen MR) is 111 cm³/mol. The molecule has 0 unspecified atom stereocenters. The van der Waals surface area contributed by atoms with Crippen molar-refractivity contribution in [3.63, 3.8) is 0 Å². The van der Waals surface area contributed by atoms with Gasteiger partial charge in [0.25, 0.3) is 5.91 Å². The zero-order valence-electron chi connectivity index (χ0n) is 16.0. The lowest BCUT2D eigenvalue weighted by Crippen LogP contribution is -2.49. The number of fused-ring (bicyclic) bond motifs is 1. The third-order valence-electron chi connectivity index (χ3n) is 5.14. The van der Waals surface area contributed by atoms with Crippen molar-refractivity contribution in [2.24, 2.45) is 0 Å². The van der Waals surface area contributed by atoms with E-state index in [-0.39, 0.29) is 12.7 Å². The van der Waals surface area contributed by atoms with Crippen LogP contribution in [-0.2, 0) is 0 Å². The number of nitrogens with zero attached hydrogens (tertiary/aromatic N) is 5. The fraction of sp³-hybridized carbons (Fsp3) is 0.238. The van der Waals surface area contributed by atoms with Crippen molar-refractivity contribution in [3.05, 3.63) is 59.5 Å². The molecule has 1 fully saturated rings. The first-order valence-electron chi connectivity index (χ1n) is 9.56. The number of carbonyl (C=O) groups excluding carboxylic acids is 1. The molecule has 0 radical (unpaired) electrons. The topological polar surface area (TPSA) is 80.7 Å². The van der Waals surface area contributed by atoms with Crippen LogP contribution in [0.2, 0.25) is 5.15 Å². The van der Waals surface area contributed by atoms with Gasteiger partial charge in [0.1, 0.15) is 5.15 Å². The summed E-state index contributed by atoms with van der Waals surface area (Å²) < 4.78 is 10.8. The Bertz CT molecular complexity index is 1080. The molecular formula is C21H18ClN5O3. The normalized spacial score (nSPS) is 15.4. The van der Waals surface area contributed by atoms with Gasteiger partial charge in [-0.25, -0.2) is 15.0 Å². The van der Waals surface area contributed by atoms with E-state index in [4.69, 9.17) is 26.1 Å². The first-order valence-corrected chi connectivity index (χ1v) is 9.94. The van der Waals surface area contributed by atoms with Crippen molar-refractivity contribution in [2.75, 3.05) is 37.9 Å². The van der Waals surface area contributed by atoms with Crippen LogP contribution in [0, 0.1) is 0 Å². The van der Waals surface area contributed by atoms with E-state index >= 15 is 0 Å². The highest BCUT2D eigenvalue weighted by Crippen LogP contribution is 2.35. The van der Waals surface area contributed by atoms with Gasteiger partial charge in [-0.15, -0.1) is 0 Å². The Labute approximate surface area is 178 Å². The Balaban J connectivity index is 1.28. The number of piperazine rings is 1. The Morgan fingerprint density at radius 3 is 2.60 bits per heavy atom. The van der Waals surface area contributed by atoms with Crippen LogP contribution >= 0.6 is 11.6 Å². The van der Waals surface area contributed by atoms with Crippen LogP contribution < -0.4 is 14.4 Å². The number of pyridine rings is 1. The van der Waals surface area contributed by atoms with E-state index in [1.165, 1.54) is 6.20 Å². The molecular weight excluding hydrogens is 406 g/mol. The van der Waals surface area contributed by atoms with E-state index in [2.05, 4.69) is 14.9 Å². The van der Waals surface area contributed by atoms with E-state index in [9.17, 15) is 4.79 Å². The fourth-order valence-corrected chi connectivity index (χ4v) is 3.62. The molecule has 1 saturated heterocycles. The maximum Gasteiger partial charge on any atom is 0.255 e. The number of ether oxygens (including phenoxy) is 2. The van der Waals surface area contributed by atoms with Gasteiger partial charge < -0.3 is 19.3 Å². The molecule has 2 aliphatic heterocycles. The highest BCUT2D eigenvalue weighted by Gasteiger charge is 2.24. The lowest BCUT2D eigenvalue weighted by molar-refractivity contribution is 0.0746. The zero-order chi connectivity index (χ0) is 20.5. The monoisotopic (exact) mass is 423 g/mol. The number of benzene rings is 1. The summed E-state index contributed by atoms with van der Waals surface area (Å²) in [6.07, 6.45) is 3.26. The lowest BCUT2D eigenvalue weighted by Gasteiger charge is -2.34. The molecule has 8 nitrogen and oxygen atoms in total. The number of carbonyl (C=O) groups is 1. The van der Waals surface area contributed by atoms with Crippen molar-refractivity contribution in [2.45, 2.75) is 0 Å². The number of hydrogen-bond acceptors (Lipinski definition) is 7. The van der Waals surface area contributed by atoms with Crippen LogP contribution in [0.5, 0.6) is 11.5 Å². The van der Waals surface area contributed by atoms with Crippen molar-refractivity contribution in [1.82, 2.24) is 19.9 Å². The standard InChI is InChI=1S/C21H18ClN5O3/c22-19-4-2-15(12-24-19)20(28)26-7-9-27(10-8-26)21-23-6-5-16(25-21)14-1-3-17-18(11-14)30-13-29-17/h1-6,11-12H,7-10,13H2. The van der Waals surface area contributed by atoms with Gasteiger partial charge in [0.15, 0.2) is 11.5 Å². The lowest BCUT2D eigenvalue weighted by atomic mass is 10.1. The third kappa shape index (κ3) is 3.61. The van der Waals surface area contributed by atoms with Crippen LogP contribution in [0.15, 0.2) is 48.8 Å². The zero-order valence-corrected chi connectivity index (χ0v) is 16.7. The number of halogens is 1. The van der Waals surface area contributed by atoms with E-state index in [0.717, 1.165) is 22.8 Å². The maximum atomic E-state index is 12.7. The highest BCUT2D eigenvalue weighted by atomic mass is 35.5. The first kappa shape index (κ1) is 18.6. The van der Waals surface area contributed by atoms with Crippen LogP contribution in [0.25, 0.3) is 11.3 Å². The van der Waals surface area contributed by atoms with Crippen LogP contribution in [0.4, 0.5) is 5.95 Å². The Hall–Kier alpha value is -3.39. The quantitative estimate of drug-likeness (QED) is 0.599. The molecule has 0 bridgehead atoms. The van der Waals surface area contributed by atoms with Gasteiger partial charge >= 0.3 is 0 Å². The molecule has 2 aliphatic rings. The van der Waals surface area contributed by atoms with Crippen LogP contribution in [-0.4, -0.2) is 58.7 Å². The van der Waals surface area contributed by atoms with Gasteiger partial charge in [0.05, 0.1) is 11.3 Å². The Morgan fingerprint density at radius 2 is 1.80 bits per heavy atom. The smallest absolute Gasteiger partial charge is 0.255 e. The van der Waals surface area contributed by atoms with E-state index in [0.29, 0.717) is 42.8 Å². The molecule has 2 aromatic heterocycles. The summed E-state index contributed by atoms with van der Waals surface area (Å²) in [5, 5.41) is 0.371. The molecule has 1 amide bonds. The predicted octanol–water partition coefficient (Wildman–Crippen LogP) is 2.88. The minimum Gasteiger partial charge on any atom is -0.454 e. The SMILES string of the molecule is O=C(c1ccc(Cl)nc1)N1CCN(c2nccc(-c3ccc4c(c3)OCO4)n2)CC1. The molecule has 0 atom stereocenters. The van der Waals surface area contributed by atoms with Crippen molar-refractivity contribution in [1.29, 1.82) is 0 Å². The molecule has 152 valence electrons. The second-order valence-corrected chi connectivity index (χ2v) is 7.35. The molecule has 0 saturated carbocycles. The van der Waals surface area contributed by atoms with Gasteiger partial charge in [-0.2, -0.15) is 0 Å². The van der Waals surface area contributed by atoms with Gasteiger partial charge in [0, 0.05) is 44.1 Å². The number of aromatic nitrogens is 3. The highest BCUT2D eigenvalue weighted by molar-refractivity contribution is 6.29. The molecule has 0 aliphatic carbocycles. The molecule has 1 aromatic carbocycles. The molecule has 4 heterocycles. The minimum absolute atomic E-state index is 0.0474. The largest absolute Gasteiger partial charge is 0.454 e. The summed E-state index contributed by atoms with van der Waals surface area (Å²) in [6, 6.07) is 11.0. The number of hydrogen-bond donors (Lipinski definition) is 0. The maximum absolute atomic E-state index is 12.7. The minimum atomic E-state index is -0.0474. The molecule has 9 heteroatoms. The number of anilines is 1. The second-order valence-electron chi connectivity index (χ2n) is 6.96. The van der Waals surface area contributed by atoms with Gasteiger partial charge in [-0.05, 0) is 36.4 Å². The molecule has 5 rings (SSSR count). The van der Waals surface area contributed by atoms with Gasteiger partial charge in [0.2, 0.25) is 12.7 Å². The summed E-state index contributed by atoms with van der Waals surface area (Å²) in [4.78, 5) is 29.7. The third-order valence-corrected chi connectivity index (χ3v) is 5.36. The average molecular weight is 424 g/mol.